The molecule has 0 fully saturated rings. The highest BCUT2D eigenvalue weighted by molar-refractivity contribution is 5.92. The van der Waals surface area contributed by atoms with Crippen LogP contribution in [0.1, 0.15) is 32.4 Å². The number of aromatic amines is 1. The summed E-state index contributed by atoms with van der Waals surface area (Å²) in [7, 11) is 0. The molecule has 0 aromatic carbocycles. The second-order valence-electron chi connectivity index (χ2n) is 6.44. The van der Waals surface area contributed by atoms with Crippen LogP contribution in [0.2, 0.25) is 0 Å². The molecule has 1 aromatic rings. The Morgan fingerprint density at radius 3 is 2.26 bits per heavy atom. The first-order valence-electron chi connectivity index (χ1n) is 8.40. The highest BCUT2D eigenvalue weighted by atomic mass is 16.4. The summed E-state index contributed by atoms with van der Waals surface area (Å²) in [6, 6.07) is -3.34. The summed E-state index contributed by atoms with van der Waals surface area (Å²) >= 11 is 0. The maximum atomic E-state index is 12.5. The van der Waals surface area contributed by atoms with Crippen LogP contribution in [0.5, 0.6) is 0 Å². The number of aliphatic carboxylic acids is 2. The molecule has 0 saturated heterocycles. The van der Waals surface area contributed by atoms with Gasteiger partial charge in [0.1, 0.15) is 12.1 Å². The fourth-order valence-electron chi connectivity index (χ4n) is 2.19. The topological polar surface area (TPSA) is 187 Å². The van der Waals surface area contributed by atoms with Crippen molar-refractivity contribution in [3.8, 4) is 0 Å². The molecular formula is C16H25N5O6. The lowest BCUT2D eigenvalue weighted by molar-refractivity contribution is -0.143. The van der Waals surface area contributed by atoms with Gasteiger partial charge in [-0.15, -0.1) is 0 Å². The van der Waals surface area contributed by atoms with E-state index in [0.717, 1.165) is 0 Å². The Labute approximate surface area is 155 Å². The summed E-state index contributed by atoms with van der Waals surface area (Å²) < 4.78 is 0. The molecule has 0 bridgehead atoms. The van der Waals surface area contributed by atoms with E-state index in [4.69, 9.17) is 10.8 Å². The third-order valence-corrected chi connectivity index (χ3v) is 3.89. The predicted molar refractivity (Wildman–Crippen MR) is 93.5 cm³/mol. The van der Waals surface area contributed by atoms with Crippen molar-refractivity contribution in [2.24, 2.45) is 11.7 Å². The molecule has 0 aliphatic heterocycles. The Kier molecular flexibility index (Phi) is 8.39. The van der Waals surface area contributed by atoms with Crippen LogP contribution in [0.15, 0.2) is 12.5 Å². The van der Waals surface area contributed by atoms with Crippen molar-refractivity contribution < 1.29 is 29.4 Å². The van der Waals surface area contributed by atoms with Gasteiger partial charge in [-0.05, 0) is 12.3 Å². The molecular weight excluding hydrogens is 358 g/mol. The predicted octanol–water partition coefficient (Wildman–Crippen LogP) is -1.15. The highest BCUT2D eigenvalue weighted by Gasteiger charge is 2.29. The van der Waals surface area contributed by atoms with Gasteiger partial charge in [0.25, 0.3) is 0 Å². The van der Waals surface area contributed by atoms with Gasteiger partial charge in [-0.1, -0.05) is 13.8 Å². The Bertz CT molecular complexity index is 660. The van der Waals surface area contributed by atoms with E-state index in [1.807, 2.05) is 0 Å². The zero-order chi connectivity index (χ0) is 20.6. The van der Waals surface area contributed by atoms with Gasteiger partial charge < -0.3 is 31.6 Å². The summed E-state index contributed by atoms with van der Waals surface area (Å²) in [5, 5.41) is 22.7. The molecule has 0 spiro atoms. The first-order chi connectivity index (χ1) is 12.6. The molecule has 0 aliphatic carbocycles. The van der Waals surface area contributed by atoms with Gasteiger partial charge in [-0.2, -0.15) is 0 Å². The van der Waals surface area contributed by atoms with Gasteiger partial charge in [-0.25, -0.2) is 9.78 Å². The van der Waals surface area contributed by atoms with Crippen molar-refractivity contribution in [3.05, 3.63) is 18.2 Å². The first kappa shape index (κ1) is 22.1. The van der Waals surface area contributed by atoms with Crippen molar-refractivity contribution in [2.45, 2.75) is 51.2 Å². The number of carboxylic acids is 2. The number of rotatable bonds is 11. The van der Waals surface area contributed by atoms with Gasteiger partial charge in [0.15, 0.2) is 0 Å². The minimum atomic E-state index is -1.39. The zero-order valence-corrected chi connectivity index (χ0v) is 15.1. The van der Waals surface area contributed by atoms with Gasteiger partial charge in [0, 0.05) is 24.7 Å². The maximum Gasteiger partial charge on any atom is 0.326 e. The molecule has 0 unspecified atom stereocenters. The molecule has 0 saturated carbocycles. The molecule has 150 valence electrons. The number of nitrogens with zero attached hydrogens (tertiary/aromatic N) is 1. The number of H-pyrrole nitrogens is 1. The monoisotopic (exact) mass is 383 g/mol. The van der Waals surface area contributed by atoms with Gasteiger partial charge in [-0.3, -0.25) is 14.4 Å². The van der Waals surface area contributed by atoms with E-state index in [0.29, 0.717) is 5.69 Å². The van der Waals surface area contributed by atoms with Crippen LogP contribution in [0, 0.1) is 5.92 Å². The summed E-state index contributed by atoms with van der Waals surface area (Å²) in [5.74, 6) is -4.02. The van der Waals surface area contributed by atoms with E-state index in [1.165, 1.54) is 12.5 Å². The normalized spacial score (nSPS) is 14.2. The van der Waals surface area contributed by atoms with Crippen molar-refractivity contribution in [2.75, 3.05) is 0 Å². The summed E-state index contributed by atoms with van der Waals surface area (Å²) in [4.78, 5) is 53.3. The van der Waals surface area contributed by atoms with Crippen LogP contribution in [0.25, 0.3) is 0 Å². The molecule has 1 aromatic heterocycles. The second kappa shape index (κ2) is 10.3. The van der Waals surface area contributed by atoms with E-state index in [-0.39, 0.29) is 18.8 Å². The van der Waals surface area contributed by atoms with Crippen molar-refractivity contribution >= 4 is 23.8 Å². The van der Waals surface area contributed by atoms with E-state index in [9.17, 15) is 24.3 Å². The lowest BCUT2D eigenvalue weighted by Gasteiger charge is -2.23. The number of nitrogens with one attached hydrogen (secondary N) is 3. The fraction of sp³-hybridized carbons (Fsp3) is 0.562. The summed E-state index contributed by atoms with van der Waals surface area (Å²) in [6.07, 6.45) is 2.19. The third-order valence-electron chi connectivity index (χ3n) is 3.89. The SMILES string of the molecule is CC(C)[C@H](N)C(=O)N[C@@H](Cc1cnc[nH]1)C(=O)N[C@@H](CCC(=O)O)C(=O)O. The maximum absolute atomic E-state index is 12.5. The van der Waals surface area contributed by atoms with Crippen molar-refractivity contribution in [1.29, 1.82) is 0 Å². The standard InChI is InChI=1S/C16H25N5O6/c1-8(2)13(17)15(25)21-11(5-9-6-18-7-19-9)14(24)20-10(16(26)27)3-4-12(22)23/h6-8,10-11,13H,3-5,17H2,1-2H3,(H,18,19)(H,20,24)(H,21,25)(H,22,23)(H,26,27)/t10-,11-,13-/m0/s1. The molecule has 1 rings (SSSR count). The van der Waals surface area contributed by atoms with E-state index < -0.39 is 48.3 Å². The number of hydrogen-bond donors (Lipinski definition) is 6. The van der Waals surface area contributed by atoms with Crippen molar-refractivity contribution in [1.82, 2.24) is 20.6 Å². The highest BCUT2D eigenvalue weighted by Crippen LogP contribution is 2.05. The van der Waals surface area contributed by atoms with Crippen LogP contribution in [-0.2, 0) is 25.6 Å². The van der Waals surface area contributed by atoms with Crippen LogP contribution in [0.3, 0.4) is 0 Å². The van der Waals surface area contributed by atoms with Crippen molar-refractivity contribution in [3.63, 3.8) is 0 Å². The Morgan fingerprint density at radius 1 is 1.15 bits per heavy atom. The minimum absolute atomic E-state index is 0.0354. The molecule has 27 heavy (non-hydrogen) atoms. The van der Waals surface area contributed by atoms with Crippen LogP contribution in [-0.4, -0.2) is 62.1 Å². The average Bonchev–Trinajstić information content (AvgIpc) is 3.09. The Morgan fingerprint density at radius 2 is 1.78 bits per heavy atom. The summed E-state index contributed by atoms with van der Waals surface area (Å²) in [6.45, 7) is 3.50. The number of carbonyl (C=O) groups excluding carboxylic acids is 2. The molecule has 1 heterocycles. The number of carbonyl (C=O) groups is 4. The van der Waals surface area contributed by atoms with E-state index >= 15 is 0 Å². The zero-order valence-electron chi connectivity index (χ0n) is 15.1. The largest absolute Gasteiger partial charge is 0.481 e. The molecule has 11 heteroatoms. The fourth-order valence-corrected chi connectivity index (χ4v) is 2.19. The lowest BCUT2D eigenvalue weighted by Crippen LogP contribution is -2.56. The molecule has 7 N–H and O–H groups in total. The van der Waals surface area contributed by atoms with Gasteiger partial charge >= 0.3 is 11.9 Å². The van der Waals surface area contributed by atoms with Crippen LogP contribution < -0.4 is 16.4 Å². The number of amides is 2. The van der Waals surface area contributed by atoms with Crippen LogP contribution >= 0.6 is 0 Å². The third kappa shape index (κ3) is 7.44. The minimum Gasteiger partial charge on any atom is -0.481 e. The number of imidazole rings is 1. The van der Waals surface area contributed by atoms with E-state index in [2.05, 4.69) is 20.6 Å². The molecule has 11 nitrogen and oxygen atoms in total. The molecule has 2 amide bonds. The number of hydrogen-bond acceptors (Lipinski definition) is 6. The number of carboxylic acid groups (broad SMARTS) is 2. The molecule has 3 atom stereocenters. The average molecular weight is 383 g/mol. The second-order valence-corrected chi connectivity index (χ2v) is 6.44. The first-order valence-corrected chi connectivity index (χ1v) is 8.40. The van der Waals surface area contributed by atoms with Crippen LogP contribution in [0.4, 0.5) is 0 Å². The Hall–Kier alpha value is -2.95. The molecule has 0 aliphatic rings. The Balaban J connectivity index is 2.88. The lowest BCUT2D eigenvalue weighted by atomic mass is 10.0. The molecule has 0 radical (unpaired) electrons. The van der Waals surface area contributed by atoms with Gasteiger partial charge in [0.05, 0.1) is 12.4 Å². The number of nitrogens with two attached hydrogens (primary N) is 1. The van der Waals surface area contributed by atoms with Gasteiger partial charge in [0.2, 0.25) is 11.8 Å². The quantitative estimate of drug-likeness (QED) is 0.276. The number of aromatic nitrogens is 2. The van der Waals surface area contributed by atoms with E-state index in [1.54, 1.807) is 13.8 Å². The summed E-state index contributed by atoms with van der Waals surface area (Å²) in [5.41, 5.74) is 6.34. The smallest absolute Gasteiger partial charge is 0.326 e.